The molecule has 0 aliphatic heterocycles. The summed E-state index contributed by atoms with van der Waals surface area (Å²) in [7, 11) is -3.60. The van der Waals surface area contributed by atoms with Crippen LogP contribution in [0, 0.1) is 13.8 Å². The Balaban J connectivity index is 1.75. The van der Waals surface area contributed by atoms with E-state index in [9.17, 15) is 8.42 Å². The van der Waals surface area contributed by atoms with Gasteiger partial charge in [-0.15, -0.1) is 0 Å². The Morgan fingerprint density at radius 1 is 0.885 bits per heavy atom. The zero-order valence-electron chi connectivity index (χ0n) is 14.9. The molecule has 0 aliphatic carbocycles. The minimum atomic E-state index is -3.60. The maximum Gasteiger partial charge on any atom is 0.261 e. The highest BCUT2D eigenvalue weighted by Gasteiger charge is 2.15. The van der Waals surface area contributed by atoms with Crippen LogP contribution in [0.3, 0.4) is 0 Å². The first-order valence-corrected chi connectivity index (χ1v) is 10.0. The molecule has 3 aromatic rings. The van der Waals surface area contributed by atoms with Gasteiger partial charge in [0.1, 0.15) is 0 Å². The molecule has 134 valence electrons. The summed E-state index contributed by atoms with van der Waals surface area (Å²) in [5, 5.41) is 0. The average molecular weight is 366 g/mol. The fourth-order valence-corrected chi connectivity index (χ4v) is 4.15. The molecule has 26 heavy (non-hydrogen) atoms. The van der Waals surface area contributed by atoms with Gasteiger partial charge in [-0.05, 0) is 79.8 Å². The van der Waals surface area contributed by atoms with Crippen molar-refractivity contribution < 1.29 is 8.42 Å². The second-order valence-electron chi connectivity index (χ2n) is 6.45. The molecular weight excluding hydrogens is 344 g/mol. The zero-order valence-corrected chi connectivity index (χ0v) is 15.8. The maximum atomic E-state index is 12.7. The van der Waals surface area contributed by atoms with Gasteiger partial charge in [0.25, 0.3) is 10.0 Å². The van der Waals surface area contributed by atoms with E-state index in [-0.39, 0.29) is 4.90 Å². The van der Waals surface area contributed by atoms with E-state index in [0.717, 1.165) is 35.2 Å². The molecule has 0 unspecified atom stereocenters. The monoisotopic (exact) mass is 366 g/mol. The van der Waals surface area contributed by atoms with E-state index in [1.807, 2.05) is 56.3 Å². The number of pyridine rings is 1. The summed E-state index contributed by atoms with van der Waals surface area (Å²) >= 11 is 0. The quantitative estimate of drug-likeness (QED) is 0.708. The van der Waals surface area contributed by atoms with E-state index >= 15 is 0 Å². The first kappa shape index (κ1) is 18.1. The molecule has 1 N–H and O–H groups in total. The van der Waals surface area contributed by atoms with Crippen molar-refractivity contribution in [2.75, 3.05) is 4.72 Å². The number of aromatic nitrogens is 1. The lowest BCUT2D eigenvalue weighted by Crippen LogP contribution is -2.13. The molecule has 5 heteroatoms. The first-order valence-electron chi connectivity index (χ1n) is 8.52. The van der Waals surface area contributed by atoms with Crippen molar-refractivity contribution >= 4 is 15.7 Å². The number of anilines is 1. The van der Waals surface area contributed by atoms with Crippen LogP contribution in [0.2, 0.25) is 0 Å². The number of aryl methyl sites for hydroxylation is 4. The van der Waals surface area contributed by atoms with E-state index in [0.29, 0.717) is 5.69 Å². The van der Waals surface area contributed by atoms with Gasteiger partial charge in [0.2, 0.25) is 0 Å². The largest absolute Gasteiger partial charge is 0.280 e. The molecule has 0 fully saturated rings. The second-order valence-corrected chi connectivity index (χ2v) is 8.13. The predicted molar refractivity (Wildman–Crippen MR) is 105 cm³/mol. The summed E-state index contributed by atoms with van der Waals surface area (Å²) in [6.45, 7) is 3.79. The number of rotatable bonds is 6. The molecule has 0 amide bonds. The van der Waals surface area contributed by atoms with E-state index in [2.05, 4.69) is 9.71 Å². The zero-order chi connectivity index (χ0) is 18.6. The highest BCUT2D eigenvalue weighted by atomic mass is 32.2. The van der Waals surface area contributed by atoms with Crippen LogP contribution in [-0.2, 0) is 22.9 Å². The summed E-state index contributed by atoms with van der Waals surface area (Å²) < 4.78 is 28.0. The molecule has 0 saturated carbocycles. The summed E-state index contributed by atoms with van der Waals surface area (Å²) in [6.07, 6.45) is 3.40. The fraction of sp³-hybridized carbons (Fsp3) is 0.190. The molecule has 2 aromatic carbocycles. The van der Waals surface area contributed by atoms with Crippen molar-refractivity contribution in [1.29, 1.82) is 0 Å². The number of benzene rings is 2. The van der Waals surface area contributed by atoms with Crippen molar-refractivity contribution in [3.05, 3.63) is 89.2 Å². The van der Waals surface area contributed by atoms with Gasteiger partial charge in [-0.25, -0.2) is 8.42 Å². The van der Waals surface area contributed by atoms with Crippen LogP contribution >= 0.6 is 0 Å². The lowest BCUT2D eigenvalue weighted by Gasteiger charge is -2.11. The van der Waals surface area contributed by atoms with Gasteiger partial charge in [0.05, 0.1) is 4.90 Å². The van der Waals surface area contributed by atoms with E-state index < -0.39 is 10.0 Å². The fourth-order valence-electron chi connectivity index (χ4n) is 2.91. The summed E-state index contributed by atoms with van der Waals surface area (Å²) in [5.41, 5.74) is 4.51. The van der Waals surface area contributed by atoms with Crippen molar-refractivity contribution in [3.63, 3.8) is 0 Å². The Hall–Kier alpha value is -2.66. The van der Waals surface area contributed by atoms with Crippen LogP contribution in [0.1, 0.15) is 22.4 Å². The molecule has 0 saturated heterocycles. The molecule has 0 radical (unpaired) electrons. The summed E-state index contributed by atoms with van der Waals surface area (Å²) in [4.78, 5) is 4.61. The highest BCUT2D eigenvalue weighted by Crippen LogP contribution is 2.20. The lowest BCUT2D eigenvalue weighted by atomic mass is 10.1. The van der Waals surface area contributed by atoms with Crippen molar-refractivity contribution in [3.8, 4) is 0 Å². The molecule has 0 spiro atoms. The minimum absolute atomic E-state index is 0.286. The third-order valence-corrected chi connectivity index (χ3v) is 5.44. The third kappa shape index (κ3) is 4.70. The van der Waals surface area contributed by atoms with E-state index in [1.54, 1.807) is 24.4 Å². The number of hydrogen-bond acceptors (Lipinski definition) is 3. The molecule has 1 aromatic heterocycles. The smallest absolute Gasteiger partial charge is 0.261 e. The Morgan fingerprint density at radius 3 is 2.35 bits per heavy atom. The van der Waals surface area contributed by atoms with Gasteiger partial charge < -0.3 is 0 Å². The first-order chi connectivity index (χ1) is 12.4. The molecule has 0 bridgehead atoms. The molecule has 3 rings (SSSR count). The van der Waals surface area contributed by atoms with Crippen LogP contribution in [0.5, 0.6) is 0 Å². The van der Waals surface area contributed by atoms with E-state index in [1.165, 1.54) is 0 Å². The lowest BCUT2D eigenvalue weighted by molar-refractivity contribution is 0.601. The van der Waals surface area contributed by atoms with Crippen LogP contribution in [0.15, 0.2) is 71.8 Å². The molecule has 1 heterocycles. The second kappa shape index (κ2) is 7.70. The highest BCUT2D eigenvalue weighted by molar-refractivity contribution is 7.92. The Kier molecular flexibility index (Phi) is 5.38. The van der Waals surface area contributed by atoms with Crippen molar-refractivity contribution in [2.24, 2.45) is 0 Å². The number of sulfonamides is 1. The third-order valence-electron chi connectivity index (χ3n) is 4.08. The predicted octanol–water partition coefficient (Wildman–Crippen LogP) is 4.28. The minimum Gasteiger partial charge on any atom is -0.280 e. The van der Waals surface area contributed by atoms with Crippen LogP contribution in [-0.4, -0.2) is 13.4 Å². The van der Waals surface area contributed by atoms with Crippen molar-refractivity contribution in [1.82, 2.24) is 4.98 Å². The summed E-state index contributed by atoms with van der Waals surface area (Å²) in [5.74, 6) is 0. The molecule has 4 nitrogen and oxygen atoms in total. The van der Waals surface area contributed by atoms with Crippen molar-refractivity contribution in [2.45, 2.75) is 31.6 Å². The van der Waals surface area contributed by atoms with Gasteiger partial charge in [0, 0.05) is 17.6 Å². The van der Waals surface area contributed by atoms with Gasteiger partial charge in [-0.1, -0.05) is 24.3 Å². The number of nitrogens with one attached hydrogen (secondary N) is 1. The summed E-state index contributed by atoms with van der Waals surface area (Å²) in [6, 6.07) is 18.7. The van der Waals surface area contributed by atoms with Gasteiger partial charge in [-0.3, -0.25) is 9.71 Å². The van der Waals surface area contributed by atoms with Crippen LogP contribution < -0.4 is 4.72 Å². The molecule has 0 atom stereocenters. The van der Waals surface area contributed by atoms with Gasteiger partial charge in [-0.2, -0.15) is 0 Å². The van der Waals surface area contributed by atoms with Crippen LogP contribution in [0.25, 0.3) is 0 Å². The SMILES string of the molecule is Cc1cc(C)cc(S(=O)(=O)Nc2cccc(CCc3ccccn3)c2)c1. The van der Waals surface area contributed by atoms with Gasteiger partial charge >= 0.3 is 0 Å². The van der Waals surface area contributed by atoms with Crippen LogP contribution in [0.4, 0.5) is 5.69 Å². The normalized spacial score (nSPS) is 11.3. The maximum absolute atomic E-state index is 12.7. The Labute approximate surface area is 155 Å². The Bertz CT molecular complexity index is 979. The number of nitrogens with zero attached hydrogens (tertiary/aromatic N) is 1. The van der Waals surface area contributed by atoms with E-state index in [4.69, 9.17) is 0 Å². The standard InChI is InChI=1S/C21H22N2O2S/c1-16-12-17(2)14-21(13-16)26(24,25)23-20-8-5-6-18(15-20)9-10-19-7-3-4-11-22-19/h3-8,11-15,23H,9-10H2,1-2H3. The number of hydrogen-bond donors (Lipinski definition) is 1. The average Bonchev–Trinajstić information content (AvgIpc) is 2.60. The molecular formula is C21H22N2O2S. The molecule has 0 aliphatic rings. The topological polar surface area (TPSA) is 59.1 Å². The van der Waals surface area contributed by atoms with Gasteiger partial charge in [0.15, 0.2) is 0 Å². The Morgan fingerprint density at radius 2 is 1.65 bits per heavy atom.